The van der Waals surface area contributed by atoms with E-state index in [4.69, 9.17) is 10.9 Å². The van der Waals surface area contributed by atoms with Gasteiger partial charge in [-0.2, -0.15) is 0 Å². The van der Waals surface area contributed by atoms with Crippen molar-refractivity contribution in [1.82, 2.24) is 4.90 Å². The van der Waals surface area contributed by atoms with E-state index >= 15 is 0 Å². The van der Waals surface area contributed by atoms with Crippen molar-refractivity contribution < 1.29 is 5.21 Å². The van der Waals surface area contributed by atoms with Crippen LogP contribution in [0.5, 0.6) is 0 Å². The van der Waals surface area contributed by atoms with Crippen molar-refractivity contribution in [3.63, 3.8) is 0 Å². The molecule has 112 valence electrons. The van der Waals surface area contributed by atoms with Gasteiger partial charge in [-0.3, -0.25) is 0 Å². The monoisotopic (exact) mass is 269 g/mol. The summed E-state index contributed by atoms with van der Waals surface area (Å²) < 4.78 is 0. The van der Waals surface area contributed by atoms with Crippen LogP contribution in [0.4, 0.5) is 0 Å². The number of amidine groups is 1. The molecule has 1 heterocycles. The Bertz CT molecular complexity index is 289. The highest BCUT2D eigenvalue weighted by molar-refractivity contribution is 5.85. The number of unbranched alkanes of at least 4 members (excludes halogenated alkanes) is 1. The summed E-state index contributed by atoms with van der Waals surface area (Å²) in [5.41, 5.74) is 5.52. The van der Waals surface area contributed by atoms with E-state index in [1.54, 1.807) is 0 Å². The molecule has 1 aliphatic heterocycles. The van der Waals surface area contributed by atoms with Gasteiger partial charge in [0, 0.05) is 11.5 Å². The molecule has 1 aliphatic rings. The topological polar surface area (TPSA) is 61.8 Å². The van der Waals surface area contributed by atoms with Gasteiger partial charge in [-0.15, -0.1) is 0 Å². The first kappa shape index (κ1) is 16.3. The second kappa shape index (κ2) is 7.73. The first-order valence-electron chi connectivity index (χ1n) is 7.73. The fourth-order valence-corrected chi connectivity index (χ4v) is 2.96. The standard InChI is InChI=1S/C15H31N3O/c1-4-13-9-5-7-11-18(13)12-8-6-10-15(2,3)14(16)17-19/h13,19H,4-12H2,1-3H3,(H2,16,17). The number of likely N-dealkylation sites (tertiary alicyclic amines) is 1. The molecular weight excluding hydrogens is 238 g/mol. The molecule has 3 N–H and O–H groups in total. The zero-order valence-electron chi connectivity index (χ0n) is 12.9. The minimum Gasteiger partial charge on any atom is -0.409 e. The summed E-state index contributed by atoms with van der Waals surface area (Å²) in [4.78, 5) is 2.65. The Hall–Kier alpha value is -0.770. The number of rotatable bonds is 7. The van der Waals surface area contributed by atoms with Crippen LogP contribution in [-0.4, -0.2) is 35.1 Å². The lowest BCUT2D eigenvalue weighted by molar-refractivity contribution is 0.140. The second-order valence-corrected chi connectivity index (χ2v) is 6.42. The molecule has 0 aromatic rings. The normalized spacial score (nSPS) is 22.7. The van der Waals surface area contributed by atoms with Crippen LogP contribution in [0.2, 0.25) is 0 Å². The molecular formula is C15H31N3O. The Morgan fingerprint density at radius 3 is 2.74 bits per heavy atom. The summed E-state index contributed by atoms with van der Waals surface area (Å²) in [6.45, 7) is 8.84. The van der Waals surface area contributed by atoms with Crippen molar-refractivity contribution in [1.29, 1.82) is 0 Å². The van der Waals surface area contributed by atoms with E-state index in [1.807, 2.05) is 13.8 Å². The van der Waals surface area contributed by atoms with E-state index in [2.05, 4.69) is 17.0 Å². The maximum atomic E-state index is 8.75. The number of nitrogens with zero attached hydrogens (tertiary/aromatic N) is 2. The van der Waals surface area contributed by atoms with E-state index in [-0.39, 0.29) is 5.41 Å². The molecule has 4 nitrogen and oxygen atoms in total. The Morgan fingerprint density at radius 2 is 2.11 bits per heavy atom. The molecule has 0 aromatic carbocycles. The molecule has 0 bridgehead atoms. The van der Waals surface area contributed by atoms with Gasteiger partial charge in [0.05, 0.1) is 0 Å². The molecule has 1 saturated heterocycles. The van der Waals surface area contributed by atoms with E-state index in [0.717, 1.165) is 18.9 Å². The van der Waals surface area contributed by atoms with Crippen LogP contribution in [0.15, 0.2) is 5.16 Å². The van der Waals surface area contributed by atoms with Crippen LogP contribution in [-0.2, 0) is 0 Å². The molecule has 4 heteroatoms. The van der Waals surface area contributed by atoms with E-state index in [0.29, 0.717) is 5.84 Å². The number of oxime groups is 1. The third-order valence-corrected chi connectivity index (χ3v) is 4.52. The van der Waals surface area contributed by atoms with E-state index < -0.39 is 0 Å². The largest absolute Gasteiger partial charge is 0.409 e. The van der Waals surface area contributed by atoms with Gasteiger partial charge in [-0.05, 0) is 45.2 Å². The predicted octanol–water partition coefficient (Wildman–Crippen LogP) is 3.19. The van der Waals surface area contributed by atoms with Crippen LogP contribution < -0.4 is 5.73 Å². The van der Waals surface area contributed by atoms with Gasteiger partial charge in [-0.1, -0.05) is 38.8 Å². The van der Waals surface area contributed by atoms with Crippen molar-refractivity contribution in [3.05, 3.63) is 0 Å². The number of piperidine rings is 1. The van der Waals surface area contributed by atoms with Crippen molar-refractivity contribution in [2.45, 2.75) is 71.8 Å². The van der Waals surface area contributed by atoms with Crippen molar-refractivity contribution in [3.8, 4) is 0 Å². The first-order valence-corrected chi connectivity index (χ1v) is 7.73. The zero-order chi connectivity index (χ0) is 14.3. The predicted molar refractivity (Wildman–Crippen MR) is 80.5 cm³/mol. The molecule has 1 fully saturated rings. The smallest absolute Gasteiger partial charge is 0.144 e. The lowest BCUT2D eigenvalue weighted by Crippen LogP contribution is -2.39. The molecule has 19 heavy (non-hydrogen) atoms. The van der Waals surface area contributed by atoms with Crippen molar-refractivity contribution in [2.24, 2.45) is 16.3 Å². The third-order valence-electron chi connectivity index (χ3n) is 4.52. The minimum atomic E-state index is -0.194. The molecule has 0 saturated carbocycles. The summed E-state index contributed by atoms with van der Waals surface area (Å²) in [5, 5.41) is 11.9. The minimum absolute atomic E-state index is 0.194. The molecule has 1 atom stereocenters. The highest BCUT2D eigenvalue weighted by atomic mass is 16.4. The average Bonchev–Trinajstić information content (AvgIpc) is 2.43. The molecule has 1 unspecified atom stereocenters. The molecule has 0 aromatic heterocycles. The van der Waals surface area contributed by atoms with Crippen LogP contribution in [0.3, 0.4) is 0 Å². The van der Waals surface area contributed by atoms with Crippen LogP contribution in [0.1, 0.15) is 65.7 Å². The Balaban J connectivity index is 2.26. The quantitative estimate of drug-likeness (QED) is 0.245. The highest BCUT2D eigenvalue weighted by Crippen LogP contribution is 2.24. The maximum Gasteiger partial charge on any atom is 0.144 e. The van der Waals surface area contributed by atoms with Crippen LogP contribution >= 0.6 is 0 Å². The highest BCUT2D eigenvalue weighted by Gasteiger charge is 2.24. The average molecular weight is 269 g/mol. The van der Waals surface area contributed by atoms with Crippen molar-refractivity contribution >= 4 is 5.84 Å². The molecule has 0 spiro atoms. The van der Waals surface area contributed by atoms with Gasteiger partial charge in [-0.25, -0.2) is 0 Å². The van der Waals surface area contributed by atoms with Gasteiger partial charge < -0.3 is 15.8 Å². The molecule has 0 aliphatic carbocycles. The Labute approximate surface area is 118 Å². The zero-order valence-corrected chi connectivity index (χ0v) is 12.9. The lowest BCUT2D eigenvalue weighted by atomic mass is 9.86. The van der Waals surface area contributed by atoms with Gasteiger partial charge in [0.25, 0.3) is 0 Å². The summed E-state index contributed by atoms with van der Waals surface area (Å²) in [6.07, 6.45) is 8.71. The first-order chi connectivity index (χ1) is 9.01. The van der Waals surface area contributed by atoms with Crippen molar-refractivity contribution in [2.75, 3.05) is 13.1 Å². The van der Waals surface area contributed by atoms with E-state index in [1.165, 1.54) is 45.2 Å². The Morgan fingerprint density at radius 1 is 1.37 bits per heavy atom. The second-order valence-electron chi connectivity index (χ2n) is 6.42. The molecule has 0 radical (unpaired) electrons. The van der Waals surface area contributed by atoms with Gasteiger partial charge in [0.2, 0.25) is 0 Å². The Kier molecular flexibility index (Phi) is 6.63. The summed E-state index contributed by atoms with van der Waals surface area (Å²) in [7, 11) is 0. The fraction of sp³-hybridized carbons (Fsp3) is 0.933. The molecule has 0 amide bonds. The van der Waals surface area contributed by atoms with Gasteiger partial charge in [0.1, 0.15) is 5.84 Å². The summed E-state index contributed by atoms with van der Waals surface area (Å²) >= 11 is 0. The number of nitrogens with two attached hydrogens (primary N) is 1. The number of hydrogen-bond acceptors (Lipinski definition) is 3. The summed E-state index contributed by atoms with van der Waals surface area (Å²) in [5.74, 6) is 0.344. The summed E-state index contributed by atoms with van der Waals surface area (Å²) in [6, 6.07) is 0.797. The van der Waals surface area contributed by atoms with Crippen LogP contribution in [0, 0.1) is 5.41 Å². The van der Waals surface area contributed by atoms with Crippen LogP contribution in [0.25, 0.3) is 0 Å². The van der Waals surface area contributed by atoms with Gasteiger partial charge >= 0.3 is 0 Å². The third kappa shape index (κ3) is 5.01. The van der Waals surface area contributed by atoms with E-state index in [9.17, 15) is 0 Å². The molecule has 1 rings (SSSR count). The number of hydrogen-bond donors (Lipinski definition) is 2. The SMILES string of the molecule is CCC1CCCCN1CCCCC(C)(C)C(N)=NO. The lowest BCUT2D eigenvalue weighted by Gasteiger charge is -2.35. The fourth-order valence-electron chi connectivity index (χ4n) is 2.96. The van der Waals surface area contributed by atoms with Gasteiger partial charge in [0.15, 0.2) is 0 Å². The maximum absolute atomic E-state index is 8.75.